The van der Waals surface area contributed by atoms with Crippen LogP contribution in [0.4, 0.5) is 5.82 Å². The summed E-state index contributed by atoms with van der Waals surface area (Å²) in [7, 11) is 0. The van der Waals surface area contributed by atoms with Crippen molar-refractivity contribution >= 4 is 23.3 Å². The molecule has 0 aliphatic rings. The molecule has 0 saturated carbocycles. The average molecular weight is 280 g/mol. The monoisotopic (exact) mass is 279 g/mol. The second-order valence-electron chi connectivity index (χ2n) is 4.00. The van der Waals surface area contributed by atoms with Crippen LogP contribution in [0.15, 0.2) is 31.0 Å². The maximum absolute atomic E-state index is 11.9. The molecule has 2 heterocycles. The van der Waals surface area contributed by atoms with Crippen LogP contribution in [-0.2, 0) is 6.54 Å². The number of rotatable bonds is 5. The Bertz CT molecular complexity index is 555. The van der Waals surface area contributed by atoms with Crippen LogP contribution in [0.5, 0.6) is 0 Å². The van der Waals surface area contributed by atoms with E-state index in [1.54, 1.807) is 12.5 Å². The van der Waals surface area contributed by atoms with Gasteiger partial charge in [0, 0.05) is 31.7 Å². The predicted molar refractivity (Wildman–Crippen MR) is 72.8 cm³/mol. The molecular weight excluding hydrogens is 266 g/mol. The number of anilines is 1. The van der Waals surface area contributed by atoms with Gasteiger partial charge in [0.15, 0.2) is 0 Å². The number of nitrogens with one attached hydrogen (secondary N) is 1. The minimum atomic E-state index is -0.246. The lowest BCUT2D eigenvalue weighted by molar-refractivity contribution is 0.0953. The molecule has 7 heteroatoms. The third kappa shape index (κ3) is 3.69. The van der Waals surface area contributed by atoms with E-state index in [-0.39, 0.29) is 11.7 Å². The zero-order chi connectivity index (χ0) is 13.7. The molecule has 2 rings (SSSR count). The van der Waals surface area contributed by atoms with Gasteiger partial charge in [0.2, 0.25) is 0 Å². The van der Waals surface area contributed by atoms with E-state index in [4.69, 9.17) is 17.3 Å². The van der Waals surface area contributed by atoms with Gasteiger partial charge in [0.05, 0.1) is 16.9 Å². The molecule has 0 aromatic carbocycles. The Morgan fingerprint density at radius 2 is 2.37 bits per heavy atom. The number of nitrogen functional groups attached to an aromatic ring is 1. The van der Waals surface area contributed by atoms with E-state index >= 15 is 0 Å². The highest BCUT2D eigenvalue weighted by molar-refractivity contribution is 6.33. The number of halogens is 1. The van der Waals surface area contributed by atoms with Gasteiger partial charge in [0.25, 0.3) is 5.91 Å². The molecule has 0 atom stereocenters. The normalized spacial score (nSPS) is 10.4. The van der Waals surface area contributed by atoms with Crippen LogP contribution in [0.3, 0.4) is 0 Å². The van der Waals surface area contributed by atoms with E-state index in [2.05, 4.69) is 15.3 Å². The van der Waals surface area contributed by atoms with E-state index in [1.165, 1.54) is 12.3 Å². The molecule has 1 amide bonds. The van der Waals surface area contributed by atoms with Crippen molar-refractivity contribution < 1.29 is 4.79 Å². The van der Waals surface area contributed by atoms with Crippen molar-refractivity contribution in [3.63, 3.8) is 0 Å². The first-order valence-electron chi connectivity index (χ1n) is 5.82. The van der Waals surface area contributed by atoms with Crippen LogP contribution in [0, 0.1) is 0 Å². The molecule has 3 N–H and O–H groups in total. The first-order valence-corrected chi connectivity index (χ1v) is 6.19. The fourth-order valence-corrected chi connectivity index (χ4v) is 1.80. The summed E-state index contributed by atoms with van der Waals surface area (Å²) in [6.07, 6.45) is 7.51. The van der Waals surface area contributed by atoms with Crippen molar-refractivity contribution in [3.05, 3.63) is 41.6 Å². The van der Waals surface area contributed by atoms with E-state index in [9.17, 15) is 4.79 Å². The lowest BCUT2D eigenvalue weighted by atomic mass is 10.2. The number of hydrogen-bond acceptors (Lipinski definition) is 4. The van der Waals surface area contributed by atoms with Crippen molar-refractivity contribution in [2.45, 2.75) is 13.0 Å². The second kappa shape index (κ2) is 6.19. The number of pyridine rings is 1. The summed E-state index contributed by atoms with van der Waals surface area (Å²) in [6, 6.07) is 1.47. The molecule has 0 unspecified atom stereocenters. The number of aryl methyl sites for hydroxylation is 1. The summed E-state index contributed by atoms with van der Waals surface area (Å²) < 4.78 is 1.95. The molecule has 0 fully saturated rings. The largest absolute Gasteiger partial charge is 0.384 e. The Labute approximate surface area is 115 Å². The minimum absolute atomic E-state index is 0.246. The molecule has 0 bridgehead atoms. The van der Waals surface area contributed by atoms with Crippen LogP contribution < -0.4 is 11.1 Å². The lowest BCUT2D eigenvalue weighted by Crippen LogP contribution is -2.25. The Morgan fingerprint density at radius 3 is 3.11 bits per heavy atom. The van der Waals surface area contributed by atoms with Crippen LogP contribution in [0.1, 0.15) is 16.8 Å². The zero-order valence-electron chi connectivity index (χ0n) is 10.2. The van der Waals surface area contributed by atoms with Crippen LogP contribution in [0.25, 0.3) is 0 Å². The third-order valence-corrected chi connectivity index (χ3v) is 2.86. The molecular formula is C12H14ClN5O. The highest BCUT2D eigenvalue weighted by atomic mass is 35.5. The van der Waals surface area contributed by atoms with Gasteiger partial charge in [-0.15, -0.1) is 0 Å². The Balaban J connectivity index is 1.82. The number of nitrogens with two attached hydrogens (primary N) is 1. The van der Waals surface area contributed by atoms with Crippen molar-refractivity contribution in [2.24, 2.45) is 0 Å². The fraction of sp³-hybridized carbons (Fsp3) is 0.250. The summed E-state index contributed by atoms with van der Waals surface area (Å²) in [5, 5.41) is 3.08. The van der Waals surface area contributed by atoms with E-state index < -0.39 is 0 Å². The first kappa shape index (κ1) is 13.4. The number of amides is 1. The van der Waals surface area contributed by atoms with E-state index in [1.807, 2.05) is 10.8 Å². The van der Waals surface area contributed by atoms with Crippen LogP contribution in [0.2, 0.25) is 5.02 Å². The van der Waals surface area contributed by atoms with Crippen LogP contribution >= 0.6 is 11.6 Å². The summed E-state index contributed by atoms with van der Waals surface area (Å²) in [5.41, 5.74) is 5.87. The van der Waals surface area contributed by atoms with Crippen molar-refractivity contribution in [3.8, 4) is 0 Å². The summed E-state index contributed by atoms with van der Waals surface area (Å²) >= 11 is 5.89. The third-order valence-electron chi connectivity index (χ3n) is 2.56. The highest BCUT2D eigenvalue weighted by Gasteiger charge is 2.10. The quantitative estimate of drug-likeness (QED) is 0.809. The summed E-state index contributed by atoms with van der Waals surface area (Å²) in [4.78, 5) is 19.6. The van der Waals surface area contributed by atoms with E-state index in [0.29, 0.717) is 17.1 Å². The SMILES string of the molecule is Nc1cc(C(=O)NCCCn2ccnc2)c(Cl)cn1. The number of carbonyl (C=O) groups excluding carboxylic acids is 1. The topological polar surface area (TPSA) is 85.8 Å². The van der Waals surface area contributed by atoms with Gasteiger partial charge in [-0.05, 0) is 12.5 Å². The maximum Gasteiger partial charge on any atom is 0.252 e. The Hall–Kier alpha value is -2.08. The van der Waals surface area contributed by atoms with Gasteiger partial charge in [-0.3, -0.25) is 4.79 Å². The molecule has 0 spiro atoms. The minimum Gasteiger partial charge on any atom is -0.384 e. The molecule has 0 aliphatic carbocycles. The Morgan fingerprint density at radius 1 is 1.53 bits per heavy atom. The van der Waals surface area contributed by atoms with Gasteiger partial charge in [-0.1, -0.05) is 11.6 Å². The van der Waals surface area contributed by atoms with Gasteiger partial charge >= 0.3 is 0 Å². The first-order chi connectivity index (χ1) is 9.16. The molecule has 0 radical (unpaired) electrons. The van der Waals surface area contributed by atoms with Crippen LogP contribution in [-0.4, -0.2) is 27.0 Å². The van der Waals surface area contributed by atoms with Gasteiger partial charge in [0.1, 0.15) is 5.82 Å². The number of imidazole rings is 1. The smallest absolute Gasteiger partial charge is 0.252 e. The molecule has 6 nitrogen and oxygen atoms in total. The number of nitrogens with zero attached hydrogens (tertiary/aromatic N) is 3. The van der Waals surface area contributed by atoms with Gasteiger partial charge < -0.3 is 15.6 Å². The zero-order valence-corrected chi connectivity index (χ0v) is 11.0. The highest BCUT2D eigenvalue weighted by Crippen LogP contribution is 2.16. The molecule has 100 valence electrons. The fourth-order valence-electron chi connectivity index (χ4n) is 1.61. The Kier molecular flexibility index (Phi) is 4.35. The van der Waals surface area contributed by atoms with Crippen molar-refractivity contribution in [2.75, 3.05) is 12.3 Å². The summed E-state index contributed by atoms with van der Waals surface area (Å²) in [5.74, 6) is 0.0256. The maximum atomic E-state index is 11.9. The number of hydrogen-bond donors (Lipinski definition) is 2. The predicted octanol–water partition coefficient (Wildman–Crippen LogP) is 1.33. The molecule has 19 heavy (non-hydrogen) atoms. The van der Waals surface area contributed by atoms with Gasteiger partial charge in [-0.2, -0.15) is 0 Å². The van der Waals surface area contributed by atoms with E-state index in [0.717, 1.165) is 13.0 Å². The van der Waals surface area contributed by atoms with Crippen molar-refractivity contribution in [1.82, 2.24) is 19.9 Å². The molecule has 2 aromatic rings. The number of carbonyl (C=O) groups is 1. The van der Waals surface area contributed by atoms with Gasteiger partial charge in [-0.25, -0.2) is 9.97 Å². The standard InChI is InChI=1S/C12H14ClN5O/c13-10-7-17-11(14)6-9(10)12(19)16-2-1-4-18-5-3-15-8-18/h3,5-8H,1-2,4H2,(H2,14,17)(H,16,19). The lowest BCUT2D eigenvalue weighted by Gasteiger charge is -2.07. The average Bonchev–Trinajstić information content (AvgIpc) is 2.90. The molecule has 0 aliphatic heterocycles. The molecule has 0 saturated heterocycles. The second-order valence-corrected chi connectivity index (χ2v) is 4.41. The van der Waals surface area contributed by atoms with Crippen molar-refractivity contribution in [1.29, 1.82) is 0 Å². The molecule has 2 aromatic heterocycles. The summed E-state index contributed by atoms with van der Waals surface area (Å²) in [6.45, 7) is 1.35. The number of aromatic nitrogens is 3.